The lowest BCUT2D eigenvalue weighted by molar-refractivity contribution is 0.154. The van der Waals surface area contributed by atoms with Gasteiger partial charge in [-0.15, -0.1) is 0 Å². The molecular formula is C29H36N6O2S. The lowest BCUT2D eigenvalue weighted by atomic mass is 9.81. The Labute approximate surface area is 224 Å². The zero-order valence-corrected chi connectivity index (χ0v) is 23.0. The third-order valence-electron chi connectivity index (χ3n) is 8.39. The van der Waals surface area contributed by atoms with Crippen molar-refractivity contribution in [2.24, 2.45) is 7.05 Å². The van der Waals surface area contributed by atoms with E-state index in [4.69, 9.17) is 4.98 Å². The van der Waals surface area contributed by atoms with Gasteiger partial charge in [0, 0.05) is 61.3 Å². The van der Waals surface area contributed by atoms with E-state index in [9.17, 15) is 8.42 Å². The molecule has 0 atom stereocenters. The highest BCUT2D eigenvalue weighted by atomic mass is 32.2. The first kappa shape index (κ1) is 25.3. The molecule has 0 spiro atoms. The monoisotopic (exact) mass is 532 g/mol. The van der Waals surface area contributed by atoms with Crippen molar-refractivity contribution < 1.29 is 8.42 Å². The van der Waals surface area contributed by atoms with Gasteiger partial charge in [-0.3, -0.25) is 9.58 Å². The number of benzene rings is 1. The summed E-state index contributed by atoms with van der Waals surface area (Å²) in [4.78, 5) is 10.2. The van der Waals surface area contributed by atoms with Gasteiger partial charge in [0.25, 0.3) is 10.0 Å². The fraction of sp³-hybridized carbons (Fsp3) is 0.448. The second-order valence-corrected chi connectivity index (χ2v) is 12.7. The topological polar surface area (TPSA) is 76.3 Å². The number of hydrogen-bond acceptors (Lipinski definition) is 6. The number of hydrogen-bond donors (Lipinski definition) is 0. The minimum atomic E-state index is -3.79. The normalized spacial score (nSPS) is 22.1. The Bertz CT molecular complexity index is 1520. The van der Waals surface area contributed by atoms with Crippen LogP contribution < -0.4 is 0 Å². The molecule has 0 amide bonds. The van der Waals surface area contributed by atoms with Gasteiger partial charge in [0.05, 0.1) is 11.1 Å². The van der Waals surface area contributed by atoms with Crippen LogP contribution in [-0.2, 0) is 17.1 Å². The largest absolute Gasteiger partial charge is 0.305 e. The van der Waals surface area contributed by atoms with Gasteiger partial charge in [-0.05, 0) is 81.9 Å². The van der Waals surface area contributed by atoms with Crippen LogP contribution in [0.5, 0.6) is 0 Å². The van der Waals surface area contributed by atoms with E-state index in [1.807, 2.05) is 25.5 Å². The molecule has 9 heteroatoms. The van der Waals surface area contributed by atoms with E-state index in [1.54, 1.807) is 41.3 Å². The van der Waals surface area contributed by atoms with Crippen LogP contribution in [0.1, 0.15) is 43.6 Å². The number of pyridine rings is 1. The zero-order valence-electron chi connectivity index (χ0n) is 22.2. The van der Waals surface area contributed by atoms with Crippen LogP contribution in [0.2, 0.25) is 0 Å². The molecule has 0 N–H and O–H groups in total. The van der Waals surface area contributed by atoms with E-state index < -0.39 is 10.0 Å². The van der Waals surface area contributed by atoms with Gasteiger partial charge < -0.3 is 4.90 Å². The summed E-state index contributed by atoms with van der Waals surface area (Å²) in [6, 6.07) is 11.4. The van der Waals surface area contributed by atoms with Crippen LogP contribution in [0.3, 0.4) is 0 Å². The van der Waals surface area contributed by atoms with Gasteiger partial charge in [0.15, 0.2) is 5.65 Å². The highest BCUT2D eigenvalue weighted by molar-refractivity contribution is 7.90. The third kappa shape index (κ3) is 4.79. The predicted molar refractivity (Wildman–Crippen MR) is 150 cm³/mol. The average molecular weight is 533 g/mol. The molecule has 2 fully saturated rings. The van der Waals surface area contributed by atoms with Crippen LogP contribution >= 0.6 is 0 Å². The zero-order chi connectivity index (χ0) is 26.3. The van der Waals surface area contributed by atoms with Gasteiger partial charge in [0.1, 0.15) is 0 Å². The molecule has 1 saturated carbocycles. The molecule has 4 heterocycles. The molecule has 1 aromatic carbocycles. The fourth-order valence-corrected chi connectivity index (χ4v) is 7.55. The van der Waals surface area contributed by atoms with E-state index in [-0.39, 0.29) is 4.90 Å². The fourth-order valence-electron chi connectivity index (χ4n) is 6.20. The Kier molecular flexibility index (Phi) is 6.84. The van der Waals surface area contributed by atoms with Gasteiger partial charge in [-0.2, -0.15) is 5.10 Å². The molecule has 8 nitrogen and oxygen atoms in total. The number of likely N-dealkylation sites (N-methyl/N-ethyl adjacent to an activating group) is 1. The van der Waals surface area contributed by atoms with Crippen molar-refractivity contribution in [1.29, 1.82) is 0 Å². The second kappa shape index (κ2) is 10.3. The van der Waals surface area contributed by atoms with Crippen molar-refractivity contribution in [3.8, 4) is 11.1 Å². The summed E-state index contributed by atoms with van der Waals surface area (Å²) in [7, 11) is 0.300. The summed E-state index contributed by atoms with van der Waals surface area (Å²) < 4.78 is 30.3. The van der Waals surface area contributed by atoms with E-state index in [1.165, 1.54) is 41.9 Å². The van der Waals surface area contributed by atoms with Gasteiger partial charge in [-0.1, -0.05) is 18.2 Å². The lowest BCUT2D eigenvalue weighted by Crippen LogP contribution is -2.40. The first-order valence-electron chi connectivity index (χ1n) is 13.6. The van der Waals surface area contributed by atoms with Crippen LogP contribution in [0.25, 0.3) is 22.2 Å². The first-order valence-corrected chi connectivity index (χ1v) is 15.1. The molecule has 2 aliphatic rings. The summed E-state index contributed by atoms with van der Waals surface area (Å²) in [6.07, 6.45) is 13.2. The van der Waals surface area contributed by atoms with Crippen molar-refractivity contribution in [3.63, 3.8) is 0 Å². The Morgan fingerprint density at radius 2 is 1.68 bits per heavy atom. The van der Waals surface area contributed by atoms with E-state index in [2.05, 4.69) is 28.0 Å². The van der Waals surface area contributed by atoms with Gasteiger partial charge >= 0.3 is 0 Å². The highest BCUT2D eigenvalue weighted by Gasteiger charge is 2.29. The highest BCUT2D eigenvalue weighted by Crippen LogP contribution is 2.38. The molecular weight excluding hydrogens is 496 g/mol. The maximum absolute atomic E-state index is 13.6. The summed E-state index contributed by atoms with van der Waals surface area (Å²) in [5, 5.41) is 5.19. The van der Waals surface area contributed by atoms with Crippen LogP contribution in [0, 0.1) is 0 Å². The minimum absolute atomic E-state index is 0.249. The third-order valence-corrected chi connectivity index (χ3v) is 10.1. The van der Waals surface area contributed by atoms with Crippen LogP contribution in [0.15, 0.2) is 66.1 Å². The van der Waals surface area contributed by atoms with Crippen LogP contribution in [-0.4, -0.2) is 76.2 Å². The summed E-state index contributed by atoms with van der Waals surface area (Å²) in [5.74, 6) is 0.439. The Balaban J connectivity index is 1.32. The van der Waals surface area contributed by atoms with Crippen molar-refractivity contribution >= 4 is 21.1 Å². The summed E-state index contributed by atoms with van der Waals surface area (Å²) in [6.45, 7) is 4.71. The Morgan fingerprint density at radius 3 is 2.42 bits per heavy atom. The lowest BCUT2D eigenvalue weighted by Gasteiger charge is -2.36. The SMILES string of the molecule is CN1CCCN([C@H]2CC[C@@H](c3cnc4c(c3)c(-c3cnn(C)c3)cn4S(=O)(=O)c3ccccc3)CC2)CC1. The van der Waals surface area contributed by atoms with Crippen LogP contribution in [0.4, 0.5) is 0 Å². The smallest absolute Gasteiger partial charge is 0.269 e. The van der Waals surface area contributed by atoms with Gasteiger partial charge in [-0.25, -0.2) is 17.4 Å². The summed E-state index contributed by atoms with van der Waals surface area (Å²) in [5.41, 5.74) is 3.38. The first-order chi connectivity index (χ1) is 18.4. The standard InChI is InChI=1S/C29H36N6O2S/c1-32-13-6-14-34(16-15-32)25-11-9-22(10-12-25)23-17-27-28(24-19-31-33(2)20-24)21-35(29(27)30-18-23)38(36,37)26-7-4-3-5-8-26/h3-5,7-8,17-22,25H,6,9-16H2,1-2H3/t22-,25+. The predicted octanol–water partition coefficient (Wildman–Crippen LogP) is 4.34. The number of aryl methyl sites for hydroxylation is 1. The molecule has 200 valence electrons. The minimum Gasteiger partial charge on any atom is -0.305 e. The molecule has 1 saturated heterocycles. The molecule has 4 aromatic rings. The number of nitrogens with zero attached hydrogens (tertiary/aromatic N) is 6. The summed E-state index contributed by atoms with van der Waals surface area (Å²) >= 11 is 0. The van der Waals surface area contributed by atoms with Crippen molar-refractivity contribution in [2.75, 3.05) is 33.2 Å². The Morgan fingerprint density at radius 1 is 0.895 bits per heavy atom. The molecule has 0 radical (unpaired) electrons. The molecule has 38 heavy (non-hydrogen) atoms. The Hall–Kier alpha value is -3.01. The second-order valence-electron chi connectivity index (χ2n) is 10.9. The number of fused-ring (bicyclic) bond motifs is 1. The maximum Gasteiger partial charge on any atom is 0.269 e. The number of aromatic nitrogens is 4. The quantitative estimate of drug-likeness (QED) is 0.381. The number of rotatable bonds is 5. The molecule has 6 rings (SSSR count). The van der Waals surface area contributed by atoms with E-state index >= 15 is 0 Å². The maximum atomic E-state index is 13.6. The van der Waals surface area contributed by atoms with Crippen molar-refractivity contribution in [1.82, 2.24) is 28.5 Å². The van der Waals surface area contributed by atoms with Gasteiger partial charge in [0.2, 0.25) is 0 Å². The molecule has 3 aromatic heterocycles. The van der Waals surface area contributed by atoms with Crippen molar-refractivity contribution in [3.05, 3.63) is 66.7 Å². The average Bonchev–Trinajstić information content (AvgIpc) is 3.47. The molecule has 0 bridgehead atoms. The molecule has 0 unspecified atom stereocenters. The van der Waals surface area contributed by atoms with Crippen molar-refractivity contribution in [2.45, 2.75) is 49.0 Å². The van der Waals surface area contributed by atoms with E-state index in [0.29, 0.717) is 17.6 Å². The van der Waals surface area contributed by atoms with E-state index in [0.717, 1.165) is 42.4 Å². The molecule has 1 aliphatic heterocycles. The molecule has 1 aliphatic carbocycles.